The molecule has 2 aromatic rings. The first-order valence-electron chi connectivity index (χ1n) is 11.8. The molecule has 1 aromatic heterocycles. The normalized spacial score (nSPS) is 22.3. The Hall–Kier alpha value is -2.87. The van der Waals surface area contributed by atoms with E-state index in [2.05, 4.69) is 23.7 Å². The lowest BCUT2D eigenvalue weighted by molar-refractivity contribution is -0.151. The molecule has 3 fully saturated rings. The van der Waals surface area contributed by atoms with E-state index in [1.165, 1.54) is 18.4 Å². The standard InChI is InChI=1S/C24H31N3O3.CH2O2/c1-16-17(2)25-21-6-5-18(13-20(16)21)22(28)27-11-7-24(8-12-27)14-19(30-23(24)29)15-26-9-3-4-10-26;2-1-3/h5-6,13,19,25H,3-4,7-12,14-15H2,1-2H3;1H,(H,2,3). The minimum atomic E-state index is -0.389. The average molecular weight is 456 g/mol. The van der Waals surface area contributed by atoms with Gasteiger partial charge in [0.05, 0.1) is 5.41 Å². The second-order valence-corrected chi connectivity index (χ2v) is 9.55. The van der Waals surface area contributed by atoms with E-state index >= 15 is 0 Å². The molecule has 3 aliphatic heterocycles. The number of carbonyl (C=O) groups excluding carboxylic acids is 2. The van der Waals surface area contributed by atoms with Crippen LogP contribution in [0.25, 0.3) is 10.9 Å². The quantitative estimate of drug-likeness (QED) is 0.545. The number of aryl methyl sites for hydroxylation is 2. The number of ether oxygens (including phenoxy) is 1. The third-order valence-electron chi connectivity index (χ3n) is 7.55. The van der Waals surface area contributed by atoms with Crippen LogP contribution in [0.15, 0.2) is 18.2 Å². The Bertz CT molecular complexity index is 1030. The first-order valence-corrected chi connectivity index (χ1v) is 11.8. The molecule has 0 bridgehead atoms. The fraction of sp³-hybridized carbons (Fsp3) is 0.560. The van der Waals surface area contributed by atoms with Crippen molar-refractivity contribution in [3.8, 4) is 0 Å². The molecule has 1 atom stereocenters. The monoisotopic (exact) mass is 455 g/mol. The van der Waals surface area contributed by atoms with Crippen molar-refractivity contribution in [3.05, 3.63) is 35.0 Å². The van der Waals surface area contributed by atoms with Crippen LogP contribution in [0.1, 0.15) is 53.7 Å². The highest BCUT2D eigenvalue weighted by molar-refractivity contribution is 5.99. The van der Waals surface area contributed by atoms with Gasteiger partial charge in [-0.05, 0) is 76.4 Å². The SMILES string of the molecule is Cc1[nH]c2ccc(C(=O)N3CCC4(CC3)CC(CN3CCCC3)OC4=O)cc2c1C.O=CO. The highest BCUT2D eigenvalue weighted by Gasteiger charge is 2.51. The zero-order chi connectivity index (χ0) is 23.6. The van der Waals surface area contributed by atoms with Gasteiger partial charge in [-0.2, -0.15) is 0 Å². The Morgan fingerprint density at radius 1 is 1.21 bits per heavy atom. The van der Waals surface area contributed by atoms with Crippen molar-refractivity contribution in [2.24, 2.45) is 5.41 Å². The summed E-state index contributed by atoms with van der Waals surface area (Å²) in [6.45, 7) is 8.23. The Morgan fingerprint density at radius 2 is 1.88 bits per heavy atom. The lowest BCUT2D eigenvalue weighted by Gasteiger charge is -2.36. The smallest absolute Gasteiger partial charge is 0.312 e. The molecule has 0 saturated carbocycles. The summed E-state index contributed by atoms with van der Waals surface area (Å²) in [5.74, 6) is 0.0172. The number of carbonyl (C=O) groups is 3. The maximum atomic E-state index is 13.1. The van der Waals surface area contributed by atoms with Gasteiger partial charge in [0.1, 0.15) is 6.10 Å². The predicted octanol–water partition coefficient (Wildman–Crippen LogP) is 3.12. The zero-order valence-electron chi connectivity index (χ0n) is 19.4. The first kappa shape index (κ1) is 23.3. The highest BCUT2D eigenvalue weighted by Crippen LogP contribution is 2.43. The zero-order valence-corrected chi connectivity index (χ0v) is 19.4. The number of nitrogens with zero attached hydrogens (tertiary/aromatic N) is 2. The van der Waals surface area contributed by atoms with Crippen molar-refractivity contribution < 1.29 is 24.2 Å². The minimum absolute atomic E-state index is 0.0139. The number of aromatic nitrogens is 1. The van der Waals surface area contributed by atoms with Gasteiger partial charge in [0.15, 0.2) is 0 Å². The average Bonchev–Trinajstić information content (AvgIpc) is 3.49. The molecule has 8 heteroatoms. The van der Waals surface area contributed by atoms with Crippen molar-refractivity contribution in [2.45, 2.75) is 52.1 Å². The summed E-state index contributed by atoms with van der Waals surface area (Å²) in [4.78, 5) is 41.9. The highest BCUT2D eigenvalue weighted by atomic mass is 16.6. The van der Waals surface area contributed by atoms with Crippen LogP contribution in [0, 0.1) is 19.3 Å². The van der Waals surface area contributed by atoms with Gasteiger partial charge in [-0.15, -0.1) is 0 Å². The van der Waals surface area contributed by atoms with E-state index in [1.54, 1.807) is 0 Å². The maximum Gasteiger partial charge on any atom is 0.312 e. The van der Waals surface area contributed by atoms with Crippen LogP contribution in [-0.2, 0) is 14.3 Å². The lowest BCUT2D eigenvalue weighted by atomic mass is 9.76. The van der Waals surface area contributed by atoms with Gasteiger partial charge >= 0.3 is 5.97 Å². The van der Waals surface area contributed by atoms with Gasteiger partial charge in [-0.1, -0.05) is 0 Å². The molecule has 3 aliphatic rings. The van der Waals surface area contributed by atoms with Crippen molar-refractivity contribution in [3.63, 3.8) is 0 Å². The van der Waals surface area contributed by atoms with E-state index in [0.29, 0.717) is 25.9 Å². The third-order valence-corrected chi connectivity index (χ3v) is 7.55. The number of likely N-dealkylation sites (tertiary alicyclic amines) is 2. The van der Waals surface area contributed by atoms with Gasteiger partial charge < -0.3 is 19.7 Å². The summed E-state index contributed by atoms with van der Waals surface area (Å²) < 4.78 is 5.77. The van der Waals surface area contributed by atoms with Gasteiger partial charge in [0.2, 0.25) is 0 Å². The molecule has 178 valence electrons. The fourth-order valence-electron chi connectivity index (χ4n) is 5.52. The van der Waals surface area contributed by atoms with Crippen LogP contribution in [0.5, 0.6) is 0 Å². The fourth-order valence-corrected chi connectivity index (χ4v) is 5.52. The van der Waals surface area contributed by atoms with E-state index < -0.39 is 0 Å². The van der Waals surface area contributed by atoms with Crippen LogP contribution in [0.4, 0.5) is 0 Å². The number of rotatable bonds is 3. The summed E-state index contributed by atoms with van der Waals surface area (Å²) in [7, 11) is 0. The molecule has 2 N–H and O–H groups in total. The van der Waals surface area contributed by atoms with Gasteiger partial charge in [-0.25, -0.2) is 0 Å². The third kappa shape index (κ3) is 4.62. The Labute approximate surface area is 193 Å². The summed E-state index contributed by atoms with van der Waals surface area (Å²) in [6.07, 6.45) is 4.72. The van der Waals surface area contributed by atoms with E-state index in [4.69, 9.17) is 14.6 Å². The largest absolute Gasteiger partial charge is 0.483 e. The van der Waals surface area contributed by atoms with Crippen LogP contribution in [0.3, 0.4) is 0 Å². The molecular formula is C25H33N3O5. The number of fused-ring (bicyclic) bond motifs is 1. The second-order valence-electron chi connectivity index (χ2n) is 9.55. The predicted molar refractivity (Wildman–Crippen MR) is 124 cm³/mol. The van der Waals surface area contributed by atoms with E-state index in [1.807, 2.05) is 23.1 Å². The second kappa shape index (κ2) is 9.55. The molecule has 8 nitrogen and oxygen atoms in total. The number of hydrogen-bond donors (Lipinski definition) is 2. The van der Waals surface area contributed by atoms with Crippen LogP contribution in [-0.4, -0.2) is 77.1 Å². The molecule has 4 heterocycles. The number of benzene rings is 1. The van der Waals surface area contributed by atoms with Crippen molar-refractivity contribution >= 4 is 29.3 Å². The molecule has 3 saturated heterocycles. The number of nitrogens with one attached hydrogen (secondary N) is 1. The lowest BCUT2D eigenvalue weighted by Crippen LogP contribution is -2.45. The topological polar surface area (TPSA) is 103 Å². The number of piperidine rings is 1. The number of carboxylic acid groups (broad SMARTS) is 1. The Kier molecular flexibility index (Phi) is 6.74. The Morgan fingerprint density at radius 3 is 2.55 bits per heavy atom. The minimum Gasteiger partial charge on any atom is -0.483 e. The number of cyclic esters (lactones) is 1. The summed E-state index contributed by atoms with van der Waals surface area (Å²) in [5, 5.41) is 8.00. The van der Waals surface area contributed by atoms with Crippen LogP contribution in [0.2, 0.25) is 0 Å². The van der Waals surface area contributed by atoms with Crippen LogP contribution >= 0.6 is 0 Å². The number of aromatic amines is 1. The molecule has 1 spiro atoms. The first-order chi connectivity index (χ1) is 15.9. The van der Waals surface area contributed by atoms with Crippen molar-refractivity contribution in [1.29, 1.82) is 0 Å². The van der Waals surface area contributed by atoms with E-state index in [9.17, 15) is 9.59 Å². The van der Waals surface area contributed by atoms with Crippen molar-refractivity contribution in [2.75, 3.05) is 32.7 Å². The number of amides is 1. The maximum absolute atomic E-state index is 13.1. The van der Waals surface area contributed by atoms with Crippen LogP contribution < -0.4 is 0 Å². The summed E-state index contributed by atoms with van der Waals surface area (Å²) in [5.41, 5.74) is 3.73. The molecule has 1 unspecified atom stereocenters. The number of hydrogen-bond acceptors (Lipinski definition) is 5. The van der Waals surface area contributed by atoms with Gasteiger partial charge in [0, 0.05) is 48.2 Å². The molecule has 0 radical (unpaired) electrons. The molecule has 33 heavy (non-hydrogen) atoms. The molecule has 1 amide bonds. The Balaban J connectivity index is 0.000000821. The molecular weight excluding hydrogens is 422 g/mol. The van der Waals surface area contributed by atoms with Gasteiger partial charge in [-0.3, -0.25) is 19.3 Å². The number of esters is 1. The summed E-state index contributed by atoms with van der Waals surface area (Å²) in [6, 6.07) is 5.89. The molecule has 0 aliphatic carbocycles. The molecule has 1 aromatic carbocycles. The van der Waals surface area contributed by atoms with Gasteiger partial charge in [0.25, 0.3) is 12.4 Å². The van der Waals surface area contributed by atoms with E-state index in [-0.39, 0.29) is 29.9 Å². The summed E-state index contributed by atoms with van der Waals surface area (Å²) >= 11 is 0. The number of H-pyrrole nitrogens is 1. The van der Waals surface area contributed by atoms with E-state index in [0.717, 1.165) is 48.2 Å². The molecule has 5 rings (SSSR count). The van der Waals surface area contributed by atoms with Crippen molar-refractivity contribution in [1.82, 2.24) is 14.8 Å².